The van der Waals surface area contributed by atoms with Crippen molar-refractivity contribution in [3.05, 3.63) is 77.7 Å². The molecular weight excluding hydrogens is 442 g/mol. The van der Waals surface area contributed by atoms with Gasteiger partial charge in [-0.25, -0.2) is 9.97 Å². The summed E-state index contributed by atoms with van der Waals surface area (Å²) in [6, 6.07) is 5.97. The maximum Gasteiger partial charge on any atom is 0.262 e. The van der Waals surface area contributed by atoms with Gasteiger partial charge in [-0.1, -0.05) is 26.3 Å². The van der Waals surface area contributed by atoms with Gasteiger partial charge in [0.15, 0.2) is 18.1 Å². The Bertz CT molecular complexity index is 1320. The predicted molar refractivity (Wildman–Crippen MR) is 137 cm³/mol. The summed E-state index contributed by atoms with van der Waals surface area (Å²) in [5.41, 5.74) is 4.92. The molecule has 2 aromatic heterocycles. The number of hydrogen-bond donors (Lipinski definition) is 2. The van der Waals surface area contributed by atoms with Crippen LogP contribution in [0.2, 0.25) is 0 Å². The zero-order valence-corrected chi connectivity index (χ0v) is 20.6. The van der Waals surface area contributed by atoms with Crippen LogP contribution < -0.4 is 15.4 Å². The first-order chi connectivity index (χ1) is 17.1. The van der Waals surface area contributed by atoms with E-state index < -0.39 is 0 Å². The largest absolute Gasteiger partial charge is 0.496 e. The second kappa shape index (κ2) is 10.9. The first-order valence-corrected chi connectivity index (χ1v) is 11.8. The van der Waals surface area contributed by atoms with Gasteiger partial charge in [-0.3, -0.25) is 4.79 Å². The number of carbonyl (C=O) groups excluding carboxylic acids is 1. The second-order valence-corrected chi connectivity index (χ2v) is 8.13. The van der Waals surface area contributed by atoms with Gasteiger partial charge in [0.2, 0.25) is 0 Å². The first-order valence-electron chi connectivity index (χ1n) is 11.8. The highest BCUT2D eigenvalue weighted by Gasteiger charge is 2.19. The lowest BCUT2D eigenvalue weighted by atomic mass is 10.1. The lowest BCUT2D eigenvalue weighted by molar-refractivity contribution is -0.125. The molecule has 0 spiro atoms. The molecule has 1 saturated heterocycles. The number of unbranched alkanes of at least 4 members (excludes halogenated alkanes) is 1. The van der Waals surface area contributed by atoms with Gasteiger partial charge in [-0.2, -0.15) is 0 Å². The SMILES string of the molecule is C\C=C(/C=C1/NC(=O)CO/C1=C\CCC)c1cn2ccnc2c(Nc2ccc(OC)c(CC)c2)n1. The summed E-state index contributed by atoms with van der Waals surface area (Å²) in [7, 11) is 1.68. The number of amides is 1. The van der Waals surface area contributed by atoms with Crippen molar-refractivity contribution in [3.8, 4) is 5.75 Å². The van der Waals surface area contributed by atoms with E-state index in [0.717, 1.165) is 47.5 Å². The number of ether oxygens (including phenoxy) is 2. The number of methoxy groups -OCH3 is 1. The van der Waals surface area contributed by atoms with E-state index in [1.807, 2.05) is 54.1 Å². The summed E-state index contributed by atoms with van der Waals surface area (Å²) < 4.78 is 13.1. The summed E-state index contributed by atoms with van der Waals surface area (Å²) in [5.74, 6) is 1.99. The molecule has 0 unspecified atom stereocenters. The fraction of sp³-hybridized carbons (Fsp3) is 0.296. The van der Waals surface area contributed by atoms with Crippen molar-refractivity contribution >= 4 is 28.6 Å². The molecule has 0 atom stereocenters. The molecule has 8 heteroatoms. The number of allylic oxidation sites excluding steroid dienone is 4. The molecule has 2 N–H and O–H groups in total. The van der Waals surface area contributed by atoms with E-state index in [-0.39, 0.29) is 12.5 Å². The number of nitrogens with one attached hydrogen (secondary N) is 2. The van der Waals surface area contributed by atoms with Crippen LogP contribution in [0.5, 0.6) is 5.75 Å². The van der Waals surface area contributed by atoms with E-state index in [1.165, 1.54) is 0 Å². The average Bonchev–Trinajstić information content (AvgIpc) is 3.35. The molecule has 1 aliphatic heterocycles. The normalized spacial score (nSPS) is 16.5. The minimum atomic E-state index is -0.174. The Kier molecular flexibility index (Phi) is 7.50. The quantitative estimate of drug-likeness (QED) is 0.470. The number of hydrogen-bond acceptors (Lipinski definition) is 6. The smallest absolute Gasteiger partial charge is 0.262 e. The number of anilines is 2. The molecule has 3 heterocycles. The molecule has 1 aliphatic rings. The predicted octanol–water partition coefficient (Wildman–Crippen LogP) is 5.16. The highest BCUT2D eigenvalue weighted by Crippen LogP contribution is 2.28. The fourth-order valence-corrected chi connectivity index (χ4v) is 3.91. The topological polar surface area (TPSA) is 89.8 Å². The van der Waals surface area contributed by atoms with Gasteiger partial charge in [0.25, 0.3) is 5.91 Å². The third-order valence-electron chi connectivity index (χ3n) is 5.72. The Balaban J connectivity index is 1.73. The molecular formula is C27H31N5O3. The second-order valence-electron chi connectivity index (χ2n) is 8.13. The van der Waals surface area contributed by atoms with Crippen LogP contribution in [0.25, 0.3) is 11.2 Å². The summed E-state index contributed by atoms with van der Waals surface area (Å²) in [6.07, 6.45) is 14.1. The van der Waals surface area contributed by atoms with E-state index in [9.17, 15) is 4.79 Å². The van der Waals surface area contributed by atoms with Crippen molar-refractivity contribution in [3.63, 3.8) is 0 Å². The standard InChI is InChI=1S/C27H31N5O3/c1-5-8-9-24-21(30-25(33)17-35-24)15-18(6-2)22-16-32-13-12-28-27(32)26(31-22)29-20-10-11-23(34-4)19(7-3)14-20/h6,9-16H,5,7-8,17H2,1-4H3,(H,29,31)(H,30,33)/b18-6+,21-15+,24-9-. The van der Waals surface area contributed by atoms with Crippen LogP contribution in [0.3, 0.4) is 0 Å². The maximum atomic E-state index is 12.0. The minimum Gasteiger partial charge on any atom is -0.496 e. The van der Waals surface area contributed by atoms with Gasteiger partial charge >= 0.3 is 0 Å². The van der Waals surface area contributed by atoms with Gasteiger partial charge < -0.3 is 24.5 Å². The van der Waals surface area contributed by atoms with Gasteiger partial charge in [0.1, 0.15) is 11.5 Å². The lowest BCUT2D eigenvalue weighted by Gasteiger charge is -2.21. The highest BCUT2D eigenvalue weighted by atomic mass is 16.5. The fourth-order valence-electron chi connectivity index (χ4n) is 3.91. The molecule has 8 nitrogen and oxygen atoms in total. The Morgan fingerprint density at radius 1 is 1.34 bits per heavy atom. The van der Waals surface area contributed by atoms with Crippen LogP contribution in [0.4, 0.5) is 11.5 Å². The number of rotatable bonds is 8. The lowest BCUT2D eigenvalue weighted by Crippen LogP contribution is -2.33. The molecule has 0 bridgehead atoms. The minimum absolute atomic E-state index is 0.0208. The molecule has 1 aromatic carbocycles. The van der Waals surface area contributed by atoms with Gasteiger partial charge in [0.05, 0.1) is 18.5 Å². The monoisotopic (exact) mass is 473 g/mol. The van der Waals surface area contributed by atoms with Crippen molar-refractivity contribution in [2.45, 2.75) is 40.0 Å². The third-order valence-corrected chi connectivity index (χ3v) is 5.72. The van der Waals surface area contributed by atoms with Crippen molar-refractivity contribution in [2.24, 2.45) is 0 Å². The molecule has 0 radical (unpaired) electrons. The molecule has 182 valence electrons. The Morgan fingerprint density at radius 3 is 2.94 bits per heavy atom. The van der Waals surface area contributed by atoms with E-state index in [0.29, 0.717) is 22.9 Å². The van der Waals surface area contributed by atoms with E-state index >= 15 is 0 Å². The highest BCUT2D eigenvalue weighted by molar-refractivity contribution is 5.84. The Labute approximate surface area is 205 Å². The van der Waals surface area contributed by atoms with Crippen LogP contribution in [0, 0.1) is 0 Å². The summed E-state index contributed by atoms with van der Waals surface area (Å²) in [4.78, 5) is 21.4. The Morgan fingerprint density at radius 2 is 2.20 bits per heavy atom. The number of nitrogens with zero attached hydrogens (tertiary/aromatic N) is 3. The van der Waals surface area contributed by atoms with Crippen LogP contribution >= 0.6 is 0 Å². The first kappa shape index (κ1) is 24.1. The zero-order valence-electron chi connectivity index (χ0n) is 20.6. The van der Waals surface area contributed by atoms with Crippen molar-refractivity contribution in [2.75, 3.05) is 19.0 Å². The van der Waals surface area contributed by atoms with Crippen molar-refractivity contribution in [1.29, 1.82) is 0 Å². The van der Waals surface area contributed by atoms with Crippen molar-refractivity contribution < 1.29 is 14.3 Å². The van der Waals surface area contributed by atoms with Crippen LogP contribution in [-0.2, 0) is 16.0 Å². The number of carbonyl (C=O) groups is 1. The molecule has 1 amide bonds. The molecule has 3 aromatic rings. The van der Waals surface area contributed by atoms with E-state index in [2.05, 4.69) is 35.5 Å². The van der Waals surface area contributed by atoms with Gasteiger partial charge in [-0.15, -0.1) is 0 Å². The van der Waals surface area contributed by atoms with Gasteiger partial charge in [0, 0.05) is 24.3 Å². The van der Waals surface area contributed by atoms with Crippen LogP contribution in [0.1, 0.15) is 44.9 Å². The van der Waals surface area contributed by atoms with Gasteiger partial charge in [-0.05, 0) is 61.3 Å². The number of aromatic nitrogens is 3. The molecule has 1 fully saturated rings. The number of benzene rings is 1. The summed E-state index contributed by atoms with van der Waals surface area (Å²) in [6.45, 7) is 6.16. The zero-order chi connectivity index (χ0) is 24.8. The number of fused-ring (bicyclic) bond motifs is 1. The molecule has 0 saturated carbocycles. The van der Waals surface area contributed by atoms with E-state index in [4.69, 9.17) is 14.5 Å². The van der Waals surface area contributed by atoms with E-state index in [1.54, 1.807) is 13.3 Å². The third kappa shape index (κ3) is 5.37. The number of imidazole rings is 1. The van der Waals surface area contributed by atoms with Crippen LogP contribution in [0.15, 0.2) is 66.5 Å². The summed E-state index contributed by atoms with van der Waals surface area (Å²) in [5, 5.41) is 6.36. The number of aryl methyl sites for hydroxylation is 1. The number of morpholine rings is 1. The summed E-state index contributed by atoms with van der Waals surface area (Å²) >= 11 is 0. The van der Waals surface area contributed by atoms with Crippen molar-refractivity contribution in [1.82, 2.24) is 19.7 Å². The molecule has 4 rings (SSSR count). The average molecular weight is 474 g/mol. The Hall–Kier alpha value is -4.07. The van der Waals surface area contributed by atoms with Crippen LogP contribution in [-0.4, -0.2) is 34.0 Å². The maximum absolute atomic E-state index is 12.0. The molecule has 35 heavy (non-hydrogen) atoms. The molecule has 0 aliphatic carbocycles.